The van der Waals surface area contributed by atoms with Crippen LogP contribution < -0.4 is 4.90 Å². The van der Waals surface area contributed by atoms with Gasteiger partial charge in [-0.15, -0.1) is 0 Å². The molecule has 1 aromatic heterocycles. The molecule has 4 rings (SSSR count). The molecule has 1 atom stereocenters. The summed E-state index contributed by atoms with van der Waals surface area (Å²) in [6.07, 6.45) is -0.571. The van der Waals surface area contributed by atoms with E-state index in [-0.39, 0.29) is 0 Å². The minimum atomic E-state index is -0.571. The van der Waals surface area contributed by atoms with Crippen LogP contribution in [0.15, 0.2) is 54.6 Å². The number of aliphatic hydroxyl groups excluding tert-OH is 1. The number of imidazole rings is 1. The molecule has 1 saturated heterocycles. The van der Waals surface area contributed by atoms with E-state index in [9.17, 15) is 5.11 Å². The molecule has 1 aliphatic rings. The summed E-state index contributed by atoms with van der Waals surface area (Å²) < 4.78 is 2.15. The first-order valence-electron chi connectivity index (χ1n) is 8.88. The molecule has 5 heteroatoms. The van der Waals surface area contributed by atoms with Crippen LogP contribution in [0.3, 0.4) is 0 Å². The van der Waals surface area contributed by atoms with Gasteiger partial charge in [0.1, 0.15) is 11.9 Å². The molecule has 2 aromatic carbocycles. The maximum atomic E-state index is 10.1. The zero-order chi connectivity index (χ0) is 17.2. The highest BCUT2D eigenvalue weighted by Gasteiger charge is 2.20. The summed E-state index contributed by atoms with van der Waals surface area (Å²) in [5, 5.41) is 10.1. The van der Waals surface area contributed by atoms with Crippen molar-refractivity contribution in [2.45, 2.75) is 19.7 Å². The van der Waals surface area contributed by atoms with Gasteiger partial charge in [0.05, 0.1) is 17.7 Å². The number of piperazine rings is 1. The number of nitrogens with zero attached hydrogens (tertiary/aromatic N) is 4. The second kappa shape index (κ2) is 6.86. The van der Waals surface area contributed by atoms with Crippen molar-refractivity contribution in [2.24, 2.45) is 0 Å². The quantitative estimate of drug-likeness (QED) is 0.796. The molecular formula is C20H24N4O. The van der Waals surface area contributed by atoms with Crippen molar-refractivity contribution in [1.82, 2.24) is 14.5 Å². The van der Waals surface area contributed by atoms with E-state index >= 15 is 0 Å². The summed E-state index contributed by atoms with van der Waals surface area (Å²) in [6.45, 7) is 6.58. The lowest BCUT2D eigenvalue weighted by Gasteiger charge is -2.36. The molecule has 0 aliphatic carbocycles. The van der Waals surface area contributed by atoms with Crippen LogP contribution in [0.1, 0.15) is 18.9 Å². The van der Waals surface area contributed by atoms with Crippen LogP contribution in [-0.2, 0) is 6.67 Å². The fourth-order valence-electron chi connectivity index (χ4n) is 3.55. The molecule has 0 amide bonds. The van der Waals surface area contributed by atoms with E-state index in [0.717, 1.165) is 49.7 Å². The smallest absolute Gasteiger partial charge is 0.139 e. The standard InChI is InChI=1S/C20H24N4O/c1-16(25)20-21-18-9-5-6-10-19(18)24(20)15-22-11-13-23(14-12-22)17-7-3-2-4-8-17/h2-10,16,25H,11-15H2,1H3. The zero-order valence-electron chi connectivity index (χ0n) is 14.5. The molecule has 1 unspecified atom stereocenters. The number of para-hydroxylation sites is 3. The molecule has 0 radical (unpaired) electrons. The Morgan fingerprint density at radius 1 is 0.960 bits per heavy atom. The third-order valence-electron chi connectivity index (χ3n) is 4.89. The normalized spacial score (nSPS) is 17.1. The van der Waals surface area contributed by atoms with Crippen LogP contribution in [0.25, 0.3) is 11.0 Å². The number of fused-ring (bicyclic) bond motifs is 1. The third-order valence-corrected chi connectivity index (χ3v) is 4.89. The number of anilines is 1. The summed E-state index contributed by atoms with van der Waals surface area (Å²) in [4.78, 5) is 9.47. The van der Waals surface area contributed by atoms with Gasteiger partial charge in [0.25, 0.3) is 0 Å². The second-order valence-electron chi connectivity index (χ2n) is 6.64. The van der Waals surface area contributed by atoms with Gasteiger partial charge in [-0.25, -0.2) is 4.98 Å². The van der Waals surface area contributed by atoms with Gasteiger partial charge in [-0.1, -0.05) is 30.3 Å². The predicted octanol–water partition coefficient (Wildman–Crippen LogP) is 2.87. The van der Waals surface area contributed by atoms with Gasteiger partial charge in [-0.05, 0) is 31.2 Å². The Morgan fingerprint density at radius 3 is 2.36 bits per heavy atom. The van der Waals surface area contributed by atoms with E-state index in [4.69, 9.17) is 0 Å². The Hall–Kier alpha value is -2.37. The number of benzene rings is 2. The Kier molecular flexibility index (Phi) is 4.42. The van der Waals surface area contributed by atoms with Gasteiger partial charge in [-0.2, -0.15) is 0 Å². The van der Waals surface area contributed by atoms with Crippen molar-refractivity contribution >= 4 is 16.7 Å². The average molecular weight is 336 g/mol. The second-order valence-corrected chi connectivity index (χ2v) is 6.64. The van der Waals surface area contributed by atoms with E-state index in [1.807, 2.05) is 18.2 Å². The molecule has 25 heavy (non-hydrogen) atoms. The summed E-state index contributed by atoms with van der Waals surface area (Å²) in [7, 11) is 0. The van der Waals surface area contributed by atoms with Crippen LogP contribution in [0, 0.1) is 0 Å². The topological polar surface area (TPSA) is 44.5 Å². The molecule has 3 aromatic rings. The fourth-order valence-corrected chi connectivity index (χ4v) is 3.55. The maximum absolute atomic E-state index is 10.1. The van der Waals surface area contributed by atoms with Crippen molar-refractivity contribution < 1.29 is 5.11 Å². The summed E-state index contributed by atoms with van der Waals surface area (Å²) in [6, 6.07) is 18.7. The molecule has 2 heterocycles. The van der Waals surface area contributed by atoms with Crippen molar-refractivity contribution in [3.63, 3.8) is 0 Å². The number of aliphatic hydroxyl groups is 1. The third kappa shape index (κ3) is 3.25. The zero-order valence-corrected chi connectivity index (χ0v) is 14.5. The van der Waals surface area contributed by atoms with Gasteiger partial charge < -0.3 is 14.6 Å². The van der Waals surface area contributed by atoms with E-state index < -0.39 is 6.10 Å². The SMILES string of the molecule is CC(O)c1nc2ccccc2n1CN1CCN(c2ccccc2)CC1. The van der Waals surface area contributed by atoms with Crippen molar-refractivity contribution in [3.05, 3.63) is 60.4 Å². The number of hydrogen-bond acceptors (Lipinski definition) is 4. The molecule has 0 spiro atoms. The molecule has 1 aliphatic heterocycles. The van der Waals surface area contributed by atoms with E-state index in [1.165, 1.54) is 5.69 Å². The van der Waals surface area contributed by atoms with Crippen LogP contribution >= 0.6 is 0 Å². The number of aromatic nitrogens is 2. The Balaban J connectivity index is 1.50. The Labute approximate surface area is 148 Å². The van der Waals surface area contributed by atoms with E-state index in [2.05, 4.69) is 55.7 Å². The lowest BCUT2D eigenvalue weighted by molar-refractivity contribution is 0.163. The lowest BCUT2D eigenvalue weighted by atomic mass is 10.2. The molecule has 5 nitrogen and oxygen atoms in total. The average Bonchev–Trinajstić information content (AvgIpc) is 3.02. The monoisotopic (exact) mass is 336 g/mol. The lowest BCUT2D eigenvalue weighted by Crippen LogP contribution is -2.47. The van der Waals surface area contributed by atoms with E-state index in [1.54, 1.807) is 6.92 Å². The van der Waals surface area contributed by atoms with Gasteiger partial charge in [-0.3, -0.25) is 4.90 Å². The summed E-state index contributed by atoms with van der Waals surface area (Å²) in [5.41, 5.74) is 3.32. The Bertz CT molecular complexity index is 835. The summed E-state index contributed by atoms with van der Waals surface area (Å²) in [5.74, 6) is 0.742. The first kappa shape index (κ1) is 16.1. The highest BCUT2D eigenvalue weighted by molar-refractivity contribution is 5.76. The molecular weight excluding hydrogens is 312 g/mol. The number of rotatable bonds is 4. The fraction of sp³-hybridized carbons (Fsp3) is 0.350. The van der Waals surface area contributed by atoms with Crippen LogP contribution in [0.2, 0.25) is 0 Å². The van der Waals surface area contributed by atoms with Crippen LogP contribution in [0.4, 0.5) is 5.69 Å². The van der Waals surface area contributed by atoms with E-state index in [0.29, 0.717) is 0 Å². The Morgan fingerprint density at radius 2 is 1.64 bits per heavy atom. The highest BCUT2D eigenvalue weighted by Crippen LogP contribution is 2.22. The largest absolute Gasteiger partial charge is 0.385 e. The molecule has 1 fully saturated rings. The minimum absolute atomic E-state index is 0.571. The first-order valence-corrected chi connectivity index (χ1v) is 8.88. The predicted molar refractivity (Wildman–Crippen MR) is 101 cm³/mol. The van der Waals surface area contributed by atoms with Crippen molar-refractivity contribution in [2.75, 3.05) is 31.1 Å². The van der Waals surface area contributed by atoms with Gasteiger partial charge in [0.15, 0.2) is 0 Å². The van der Waals surface area contributed by atoms with Gasteiger partial charge in [0.2, 0.25) is 0 Å². The summed E-state index contributed by atoms with van der Waals surface area (Å²) >= 11 is 0. The number of hydrogen-bond donors (Lipinski definition) is 1. The molecule has 0 saturated carbocycles. The first-order chi connectivity index (χ1) is 12.2. The molecule has 130 valence electrons. The maximum Gasteiger partial charge on any atom is 0.139 e. The highest BCUT2D eigenvalue weighted by atomic mass is 16.3. The van der Waals surface area contributed by atoms with Crippen molar-refractivity contribution in [1.29, 1.82) is 0 Å². The molecule has 0 bridgehead atoms. The van der Waals surface area contributed by atoms with Crippen LogP contribution in [0.5, 0.6) is 0 Å². The van der Waals surface area contributed by atoms with Gasteiger partial charge in [0, 0.05) is 31.9 Å². The molecule has 1 N–H and O–H groups in total. The minimum Gasteiger partial charge on any atom is -0.385 e. The van der Waals surface area contributed by atoms with Gasteiger partial charge >= 0.3 is 0 Å². The van der Waals surface area contributed by atoms with Crippen molar-refractivity contribution in [3.8, 4) is 0 Å². The van der Waals surface area contributed by atoms with Crippen LogP contribution in [-0.4, -0.2) is 45.7 Å².